The maximum atomic E-state index is 4.20. The Balaban J connectivity index is 1.69. The van der Waals surface area contributed by atoms with Crippen LogP contribution in [0.2, 0.25) is 0 Å². The van der Waals surface area contributed by atoms with Crippen molar-refractivity contribution in [2.24, 2.45) is 0 Å². The van der Waals surface area contributed by atoms with Crippen molar-refractivity contribution in [1.29, 1.82) is 0 Å². The van der Waals surface area contributed by atoms with Crippen molar-refractivity contribution in [3.8, 4) is 11.3 Å². The summed E-state index contributed by atoms with van der Waals surface area (Å²) >= 11 is 0. The molecule has 4 rings (SSSR count). The minimum absolute atomic E-state index is 0.480. The van der Waals surface area contributed by atoms with Gasteiger partial charge in [0.2, 0.25) is 0 Å². The maximum absolute atomic E-state index is 4.20. The first-order chi connectivity index (χ1) is 10.4. The summed E-state index contributed by atoms with van der Waals surface area (Å²) in [7, 11) is 0. The molecule has 0 fully saturated rings. The van der Waals surface area contributed by atoms with Gasteiger partial charge >= 0.3 is 0 Å². The van der Waals surface area contributed by atoms with Gasteiger partial charge in [-0.25, -0.2) is 0 Å². The predicted molar refractivity (Wildman–Crippen MR) is 81.9 cm³/mol. The average Bonchev–Trinajstić information content (AvgIpc) is 3.05. The van der Waals surface area contributed by atoms with Crippen LogP contribution in [-0.4, -0.2) is 15.2 Å². The molecule has 1 N–H and O–H groups in total. The highest BCUT2D eigenvalue weighted by Gasteiger charge is 2.24. The lowest BCUT2D eigenvalue weighted by atomic mass is 9.80. The molecule has 0 amide bonds. The van der Waals surface area contributed by atoms with E-state index in [0.717, 1.165) is 30.5 Å². The van der Waals surface area contributed by atoms with Crippen LogP contribution in [0, 0.1) is 6.20 Å². The van der Waals surface area contributed by atoms with E-state index >= 15 is 0 Å². The van der Waals surface area contributed by atoms with E-state index in [2.05, 4.69) is 51.7 Å². The fourth-order valence-electron chi connectivity index (χ4n) is 3.23. The number of aryl methyl sites for hydroxylation is 1. The number of hydrogen-bond donors (Lipinski definition) is 1. The van der Waals surface area contributed by atoms with Gasteiger partial charge < -0.3 is 0 Å². The Morgan fingerprint density at radius 2 is 2.00 bits per heavy atom. The Labute approximate surface area is 124 Å². The highest BCUT2D eigenvalue weighted by atomic mass is 15.1. The van der Waals surface area contributed by atoms with Gasteiger partial charge in [0.1, 0.15) is 6.20 Å². The molecular formula is C18H16N3. The molecule has 0 bridgehead atoms. The second-order valence-electron chi connectivity index (χ2n) is 5.57. The summed E-state index contributed by atoms with van der Waals surface area (Å²) < 4.78 is 0. The van der Waals surface area contributed by atoms with Gasteiger partial charge in [-0.15, -0.1) is 0 Å². The molecule has 0 aliphatic heterocycles. The number of nitrogens with one attached hydrogen (secondary N) is 1. The van der Waals surface area contributed by atoms with Gasteiger partial charge in [-0.3, -0.25) is 10.1 Å². The van der Waals surface area contributed by atoms with Gasteiger partial charge in [0, 0.05) is 23.5 Å². The number of aromatic nitrogens is 3. The molecule has 2 heterocycles. The summed E-state index contributed by atoms with van der Waals surface area (Å²) in [6.07, 6.45) is 10.2. The van der Waals surface area contributed by atoms with E-state index in [4.69, 9.17) is 0 Å². The summed E-state index contributed by atoms with van der Waals surface area (Å²) in [6, 6.07) is 12.8. The Hall–Kier alpha value is -2.42. The minimum Gasteiger partial charge on any atom is -0.277 e. The van der Waals surface area contributed by atoms with Crippen LogP contribution in [0.3, 0.4) is 0 Å². The van der Waals surface area contributed by atoms with Crippen molar-refractivity contribution in [2.45, 2.75) is 25.2 Å². The number of benzene rings is 1. The molecule has 0 saturated heterocycles. The van der Waals surface area contributed by atoms with E-state index in [9.17, 15) is 0 Å². The maximum Gasteiger partial charge on any atom is 0.117 e. The quantitative estimate of drug-likeness (QED) is 0.776. The number of pyridine rings is 1. The van der Waals surface area contributed by atoms with Crippen molar-refractivity contribution < 1.29 is 0 Å². The van der Waals surface area contributed by atoms with Crippen LogP contribution in [0.5, 0.6) is 0 Å². The third-order valence-electron chi connectivity index (χ3n) is 4.32. The van der Waals surface area contributed by atoms with Gasteiger partial charge in [0.15, 0.2) is 0 Å². The fourth-order valence-corrected chi connectivity index (χ4v) is 3.23. The number of H-pyrrole nitrogens is 1. The van der Waals surface area contributed by atoms with Crippen LogP contribution >= 0.6 is 0 Å². The van der Waals surface area contributed by atoms with Crippen LogP contribution in [0.1, 0.15) is 29.0 Å². The van der Waals surface area contributed by atoms with Gasteiger partial charge in [-0.2, -0.15) is 5.10 Å². The molecule has 3 aromatic rings. The molecule has 1 aliphatic rings. The predicted octanol–water partition coefficient (Wildman–Crippen LogP) is 3.54. The van der Waals surface area contributed by atoms with Gasteiger partial charge in [-0.05, 0) is 48.4 Å². The molecule has 3 nitrogen and oxygen atoms in total. The third kappa shape index (κ3) is 2.25. The SMILES string of the molecule is [c]1n[nH]c(-c2cccnc2)c1C1CCc2ccccc2C1. The van der Waals surface area contributed by atoms with E-state index in [1.54, 1.807) is 6.20 Å². The van der Waals surface area contributed by atoms with Crippen LogP contribution < -0.4 is 0 Å². The Morgan fingerprint density at radius 1 is 1.10 bits per heavy atom. The lowest BCUT2D eigenvalue weighted by Crippen LogP contribution is -2.13. The molecule has 1 atom stereocenters. The van der Waals surface area contributed by atoms with Crippen LogP contribution in [0.25, 0.3) is 11.3 Å². The fraction of sp³-hybridized carbons (Fsp3) is 0.222. The molecule has 1 unspecified atom stereocenters. The van der Waals surface area contributed by atoms with Crippen LogP contribution in [0.15, 0.2) is 48.8 Å². The van der Waals surface area contributed by atoms with Crippen molar-refractivity contribution >= 4 is 0 Å². The zero-order chi connectivity index (χ0) is 14.1. The summed E-state index contributed by atoms with van der Waals surface area (Å²) in [4.78, 5) is 4.20. The first kappa shape index (κ1) is 12.3. The number of nitrogens with zero attached hydrogens (tertiary/aromatic N) is 2. The zero-order valence-electron chi connectivity index (χ0n) is 11.7. The molecule has 21 heavy (non-hydrogen) atoms. The summed E-state index contributed by atoms with van der Waals surface area (Å²) in [6.45, 7) is 0. The van der Waals surface area contributed by atoms with Crippen molar-refractivity contribution in [1.82, 2.24) is 15.2 Å². The number of rotatable bonds is 2. The third-order valence-corrected chi connectivity index (χ3v) is 4.32. The van der Waals surface area contributed by atoms with E-state index < -0.39 is 0 Å². The van der Waals surface area contributed by atoms with E-state index in [1.165, 1.54) is 16.7 Å². The standard InChI is InChI=1S/C18H16N3/c1-2-5-14-10-15(8-7-13(14)4-1)17-12-20-21-18(17)16-6-3-9-19-11-16/h1-6,9,11,15H,7-8,10H2,(H,20,21). The van der Waals surface area contributed by atoms with Crippen molar-refractivity contribution in [2.75, 3.05) is 0 Å². The summed E-state index contributed by atoms with van der Waals surface area (Å²) in [5.41, 5.74) is 6.28. The lowest BCUT2D eigenvalue weighted by Gasteiger charge is -2.24. The monoisotopic (exact) mass is 274 g/mol. The summed E-state index contributed by atoms with van der Waals surface area (Å²) in [5, 5.41) is 7.25. The zero-order valence-corrected chi connectivity index (χ0v) is 11.7. The normalized spacial score (nSPS) is 17.4. The highest BCUT2D eigenvalue weighted by Crippen LogP contribution is 2.36. The van der Waals surface area contributed by atoms with Crippen molar-refractivity contribution in [3.05, 3.63) is 71.7 Å². The molecule has 0 spiro atoms. The average molecular weight is 274 g/mol. The van der Waals surface area contributed by atoms with Gasteiger partial charge in [-0.1, -0.05) is 24.3 Å². The van der Waals surface area contributed by atoms with Gasteiger partial charge in [0.05, 0.1) is 5.69 Å². The minimum atomic E-state index is 0.480. The molecule has 103 valence electrons. The highest BCUT2D eigenvalue weighted by molar-refractivity contribution is 5.62. The Kier molecular flexibility index (Phi) is 3.03. The van der Waals surface area contributed by atoms with Gasteiger partial charge in [0.25, 0.3) is 0 Å². The van der Waals surface area contributed by atoms with Crippen molar-refractivity contribution in [3.63, 3.8) is 0 Å². The van der Waals surface area contributed by atoms with Crippen LogP contribution in [0.4, 0.5) is 0 Å². The first-order valence-electron chi connectivity index (χ1n) is 7.35. The van der Waals surface area contributed by atoms with E-state index in [1.807, 2.05) is 12.3 Å². The number of hydrogen-bond acceptors (Lipinski definition) is 2. The summed E-state index contributed by atoms with van der Waals surface area (Å²) in [5.74, 6) is 0.480. The Bertz CT molecular complexity index is 746. The molecule has 3 heteroatoms. The lowest BCUT2D eigenvalue weighted by molar-refractivity contribution is 0.585. The Morgan fingerprint density at radius 3 is 2.86 bits per heavy atom. The number of fused-ring (bicyclic) bond motifs is 1. The molecule has 2 aromatic heterocycles. The second kappa shape index (κ2) is 5.17. The van der Waals surface area contributed by atoms with E-state index in [0.29, 0.717) is 5.92 Å². The number of aromatic amines is 1. The van der Waals surface area contributed by atoms with E-state index in [-0.39, 0.29) is 0 Å². The smallest absolute Gasteiger partial charge is 0.117 e. The topological polar surface area (TPSA) is 41.6 Å². The largest absolute Gasteiger partial charge is 0.277 e. The molecule has 1 radical (unpaired) electrons. The molecule has 1 aliphatic carbocycles. The molecule has 1 aromatic carbocycles. The molecular weight excluding hydrogens is 258 g/mol. The van der Waals surface area contributed by atoms with Crippen LogP contribution in [-0.2, 0) is 12.8 Å². The molecule has 0 saturated carbocycles. The second-order valence-corrected chi connectivity index (χ2v) is 5.57. The first-order valence-corrected chi connectivity index (χ1v) is 7.35.